The normalized spacial score (nSPS) is 34.5. The number of amides is 1. The monoisotopic (exact) mass is 302 g/mol. The number of carbonyl (C=O) groups excluding carboxylic acids is 1. The Labute approximate surface area is 130 Å². The van der Waals surface area contributed by atoms with Crippen LogP contribution in [0.1, 0.15) is 58.8 Å². The molecule has 1 saturated carbocycles. The van der Waals surface area contributed by atoms with E-state index in [0.29, 0.717) is 24.3 Å². The van der Waals surface area contributed by atoms with Gasteiger partial charge in [-0.2, -0.15) is 0 Å². The fourth-order valence-electron chi connectivity index (χ4n) is 3.91. The molecular weight excluding hydrogens is 272 g/mol. The standard InChI is InChI=1S/C16H30N2O.ClH/c1-12-4-3-5-14(8-12)10-16(19)18-7-6-13(2)9-15(18)11-17;/h12-15H,3-11,17H2,1-2H3;1H. The molecule has 4 atom stereocenters. The molecule has 20 heavy (non-hydrogen) atoms. The predicted molar refractivity (Wildman–Crippen MR) is 85.9 cm³/mol. The fourth-order valence-corrected chi connectivity index (χ4v) is 3.91. The Morgan fingerprint density at radius 2 is 1.85 bits per heavy atom. The Balaban J connectivity index is 0.00000200. The highest BCUT2D eigenvalue weighted by Gasteiger charge is 2.30. The van der Waals surface area contributed by atoms with E-state index in [0.717, 1.165) is 31.7 Å². The van der Waals surface area contributed by atoms with Crippen LogP contribution in [0.5, 0.6) is 0 Å². The second-order valence-electron chi connectivity index (χ2n) is 6.95. The largest absolute Gasteiger partial charge is 0.338 e. The Hall–Kier alpha value is -0.280. The van der Waals surface area contributed by atoms with Crippen LogP contribution >= 0.6 is 12.4 Å². The number of likely N-dealkylation sites (tertiary alicyclic amines) is 1. The molecule has 1 aliphatic heterocycles. The van der Waals surface area contributed by atoms with Crippen LogP contribution in [0.2, 0.25) is 0 Å². The van der Waals surface area contributed by atoms with Crippen molar-refractivity contribution in [1.29, 1.82) is 0 Å². The van der Waals surface area contributed by atoms with Gasteiger partial charge in [-0.15, -0.1) is 12.4 Å². The smallest absolute Gasteiger partial charge is 0.223 e. The Morgan fingerprint density at radius 1 is 1.15 bits per heavy atom. The molecule has 3 nitrogen and oxygen atoms in total. The van der Waals surface area contributed by atoms with Crippen molar-refractivity contribution >= 4 is 18.3 Å². The highest BCUT2D eigenvalue weighted by Crippen LogP contribution is 2.32. The number of halogens is 1. The number of nitrogens with zero attached hydrogens (tertiary/aromatic N) is 1. The number of hydrogen-bond acceptors (Lipinski definition) is 2. The van der Waals surface area contributed by atoms with Crippen molar-refractivity contribution in [3.63, 3.8) is 0 Å². The van der Waals surface area contributed by atoms with Gasteiger partial charge in [0.1, 0.15) is 0 Å². The summed E-state index contributed by atoms with van der Waals surface area (Å²) >= 11 is 0. The minimum atomic E-state index is 0. The number of carbonyl (C=O) groups is 1. The minimum Gasteiger partial charge on any atom is -0.338 e. The fraction of sp³-hybridized carbons (Fsp3) is 0.938. The van der Waals surface area contributed by atoms with Gasteiger partial charge in [0, 0.05) is 25.6 Å². The molecule has 2 aliphatic rings. The molecular formula is C16H31ClN2O. The van der Waals surface area contributed by atoms with E-state index in [4.69, 9.17) is 5.73 Å². The zero-order valence-corrected chi connectivity index (χ0v) is 13.8. The van der Waals surface area contributed by atoms with Crippen LogP contribution in [0.4, 0.5) is 0 Å². The van der Waals surface area contributed by atoms with E-state index in [1.54, 1.807) is 0 Å². The number of rotatable bonds is 3. The van der Waals surface area contributed by atoms with E-state index in [9.17, 15) is 4.79 Å². The van der Waals surface area contributed by atoms with Crippen LogP contribution in [0, 0.1) is 17.8 Å². The molecule has 118 valence electrons. The van der Waals surface area contributed by atoms with Gasteiger partial charge in [0.05, 0.1) is 0 Å². The Kier molecular flexibility index (Phi) is 7.32. The van der Waals surface area contributed by atoms with Gasteiger partial charge in [-0.1, -0.05) is 26.7 Å². The van der Waals surface area contributed by atoms with Crippen LogP contribution in [0.25, 0.3) is 0 Å². The van der Waals surface area contributed by atoms with Crippen LogP contribution < -0.4 is 5.73 Å². The first kappa shape index (κ1) is 17.8. The summed E-state index contributed by atoms with van der Waals surface area (Å²) in [6, 6.07) is 0.289. The van der Waals surface area contributed by atoms with Crippen LogP contribution in [-0.4, -0.2) is 29.9 Å². The first-order chi connectivity index (χ1) is 9.10. The van der Waals surface area contributed by atoms with E-state index in [1.807, 2.05) is 0 Å². The maximum Gasteiger partial charge on any atom is 0.223 e. The van der Waals surface area contributed by atoms with Gasteiger partial charge in [0.2, 0.25) is 5.91 Å². The summed E-state index contributed by atoms with van der Waals surface area (Å²) in [5, 5.41) is 0. The van der Waals surface area contributed by atoms with Crippen LogP contribution in [-0.2, 0) is 4.79 Å². The summed E-state index contributed by atoms with van der Waals surface area (Å²) in [7, 11) is 0. The van der Waals surface area contributed by atoms with E-state index >= 15 is 0 Å². The van der Waals surface area contributed by atoms with E-state index < -0.39 is 0 Å². The molecule has 4 heteroatoms. The number of hydrogen-bond donors (Lipinski definition) is 1. The molecule has 2 rings (SSSR count). The van der Waals surface area contributed by atoms with Gasteiger partial charge in [0.25, 0.3) is 0 Å². The molecule has 4 unspecified atom stereocenters. The summed E-state index contributed by atoms with van der Waals surface area (Å²) in [5.74, 6) is 2.50. The van der Waals surface area contributed by atoms with Crippen LogP contribution in [0.15, 0.2) is 0 Å². The summed E-state index contributed by atoms with van der Waals surface area (Å²) in [6.07, 6.45) is 8.12. The number of nitrogens with two attached hydrogens (primary N) is 1. The van der Waals surface area contributed by atoms with Gasteiger partial charge in [-0.05, 0) is 43.4 Å². The van der Waals surface area contributed by atoms with Crippen molar-refractivity contribution in [2.75, 3.05) is 13.1 Å². The summed E-state index contributed by atoms with van der Waals surface area (Å²) in [5.41, 5.74) is 5.85. The predicted octanol–water partition coefficient (Wildman–Crippen LogP) is 3.21. The zero-order chi connectivity index (χ0) is 13.8. The topological polar surface area (TPSA) is 46.3 Å². The van der Waals surface area contributed by atoms with Gasteiger partial charge in [-0.25, -0.2) is 0 Å². The van der Waals surface area contributed by atoms with E-state index in [2.05, 4.69) is 18.7 Å². The van der Waals surface area contributed by atoms with Crippen molar-refractivity contribution in [2.24, 2.45) is 23.5 Å². The average molecular weight is 303 g/mol. The van der Waals surface area contributed by atoms with Crippen molar-refractivity contribution in [3.05, 3.63) is 0 Å². The zero-order valence-electron chi connectivity index (χ0n) is 13.0. The summed E-state index contributed by atoms with van der Waals surface area (Å²) in [4.78, 5) is 14.6. The van der Waals surface area contributed by atoms with Crippen LogP contribution in [0.3, 0.4) is 0 Å². The molecule has 0 bridgehead atoms. The molecule has 0 radical (unpaired) electrons. The van der Waals surface area contributed by atoms with Crippen molar-refractivity contribution in [2.45, 2.75) is 64.8 Å². The van der Waals surface area contributed by atoms with Crippen molar-refractivity contribution in [3.8, 4) is 0 Å². The molecule has 1 saturated heterocycles. The van der Waals surface area contributed by atoms with Crippen molar-refractivity contribution in [1.82, 2.24) is 4.90 Å². The summed E-state index contributed by atoms with van der Waals surface area (Å²) in [6.45, 7) is 6.14. The first-order valence-corrected chi connectivity index (χ1v) is 8.09. The summed E-state index contributed by atoms with van der Waals surface area (Å²) < 4.78 is 0. The maximum atomic E-state index is 12.5. The first-order valence-electron chi connectivity index (χ1n) is 8.09. The lowest BCUT2D eigenvalue weighted by Crippen LogP contribution is -2.49. The van der Waals surface area contributed by atoms with Gasteiger partial charge < -0.3 is 10.6 Å². The maximum absolute atomic E-state index is 12.5. The molecule has 0 aromatic heterocycles. The second-order valence-corrected chi connectivity index (χ2v) is 6.95. The van der Waals surface area contributed by atoms with Gasteiger partial charge in [-0.3, -0.25) is 4.79 Å². The molecule has 1 heterocycles. The third kappa shape index (κ3) is 4.63. The lowest BCUT2D eigenvalue weighted by Gasteiger charge is -2.39. The number of piperidine rings is 1. The third-order valence-corrected chi connectivity index (χ3v) is 5.08. The third-order valence-electron chi connectivity index (χ3n) is 5.08. The SMILES string of the molecule is CC1CCCC(CC(=O)N2CCC(C)CC2CN)C1.Cl. The van der Waals surface area contributed by atoms with E-state index in [-0.39, 0.29) is 18.4 Å². The molecule has 1 aliphatic carbocycles. The highest BCUT2D eigenvalue weighted by atomic mass is 35.5. The van der Waals surface area contributed by atoms with Gasteiger partial charge in [0.15, 0.2) is 0 Å². The molecule has 2 fully saturated rings. The molecule has 0 aromatic carbocycles. The molecule has 0 spiro atoms. The average Bonchev–Trinajstić information content (AvgIpc) is 2.38. The Bertz CT molecular complexity index is 311. The quantitative estimate of drug-likeness (QED) is 0.870. The Morgan fingerprint density at radius 3 is 2.50 bits per heavy atom. The molecule has 0 aromatic rings. The second kappa shape index (κ2) is 8.23. The lowest BCUT2D eigenvalue weighted by molar-refractivity contribution is -0.136. The molecule has 2 N–H and O–H groups in total. The van der Waals surface area contributed by atoms with Crippen molar-refractivity contribution < 1.29 is 4.79 Å². The van der Waals surface area contributed by atoms with E-state index in [1.165, 1.54) is 25.7 Å². The highest BCUT2D eigenvalue weighted by molar-refractivity contribution is 5.85. The lowest BCUT2D eigenvalue weighted by atomic mass is 9.80. The molecule has 1 amide bonds. The minimum absolute atomic E-state index is 0. The van der Waals surface area contributed by atoms with Gasteiger partial charge >= 0.3 is 0 Å².